The van der Waals surface area contributed by atoms with Gasteiger partial charge in [-0.25, -0.2) is 0 Å². The Hall–Kier alpha value is -2.85. The van der Waals surface area contributed by atoms with Crippen molar-refractivity contribution >= 4 is 11.6 Å². The molecule has 0 spiro atoms. The highest BCUT2D eigenvalue weighted by Crippen LogP contribution is 2.35. The van der Waals surface area contributed by atoms with Crippen LogP contribution in [0.2, 0.25) is 0 Å². The number of nitrogens with one attached hydrogen (secondary N) is 2. The number of likely N-dealkylation sites (tertiary alicyclic amines) is 1. The van der Waals surface area contributed by atoms with Gasteiger partial charge in [0, 0.05) is 56.7 Å². The van der Waals surface area contributed by atoms with Crippen molar-refractivity contribution in [3.63, 3.8) is 0 Å². The van der Waals surface area contributed by atoms with Crippen molar-refractivity contribution in [2.24, 2.45) is 0 Å². The molecule has 5 rings (SSSR count). The van der Waals surface area contributed by atoms with Crippen LogP contribution < -0.4 is 16.2 Å². The van der Waals surface area contributed by atoms with E-state index in [0.29, 0.717) is 48.9 Å². The topological polar surface area (TPSA) is 75.6 Å². The van der Waals surface area contributed by atoms with Crippen LogP contribution in [0, 0.1) is 6.92 Å². The quantitative estimate of drug-likeness (QED) is 0.508. The maximum absolute atomic E-state index is 13.7. The summed E-state index contributed by atoms with van der Waals surface area (Å²) in [5.41, 5.74) is 0.386. The van der Waals surface area contributed by atoms with Crippen LogP contribution in [0.4, 0.5) is 18.9 Å². The molecule has 0 unspecified atom stereocenters. The molecule has 0 radical (unpaired) electrons. The molecule has 1 aromatic heterocycles. The molecular weight excluding hydrogens is 509 g/mol. The van der Waals surface area contributed by atoms with Gasteiger partial charge in [0.25, 0.3) is 11.5 Å². The molecule has 1 aromatic carbocycles. The summed E-state index contributed by atoms with van der Waals surface area (Å²) in [5, 5.41) is 6.36. The molecule has 1 saturated carbocycles. The number of carbonyl (C=O) groups excluding carboxylic acids is 1. The number of halogens is 3. The zero-order valence-electron chi connectivity index (χ0n) is 22.5. The van der Waals surface area contributed by atoms with E-state index in [1.165, 1.54) is 31.9 Å². The van der Waals surface area contributed by atoms with Gasteiger partial charge in [-0.3, -0.25) is 9.59 Å². The number of benzene rings is 1. The lowest BCUT2D eigenvalue weighted by Crippen LogP contribution is -2.41. The Morgan fingerprint density at radius 3 is 2.38 bits per heavy atom. The first kappa shape index (κ1) is 27.7. The van der Waals surface area contributed by atoms with Crippen LogP contribution in [0.1, 0.15) is 84.6 Å². The molecular formula is C29H37F3N4O3. The third-order valence-electron chi connectivity index (χ3n) is 8.36. The van der Waals surface area contributed by atoms with Gasteiger partial charge in [0.15, 0.2) is 0 Å². The first-order valence-electron chi connectivity index (χ1n) is 13.9. The molecule has 2 N–H and O–H groups in total. The SMILES string of the molecule is Cc1c([C@@H](C)NC(=O)c2cn(C3CCOCC3)c(=O)cc2NC2CCN(C3CC3)CC2)cccc1C(F)(F)F. The van der Waals surface area contributed by atoms with E-state index in [2.05, 4.69) is 15.5 Å². The lowest BCUT2D eigenvalue weighted by atomic mass is 9.97. The smallest absolute Gasteiger partial charge is 0.381 e. The predicted octanol–water partition coefficient (Wildman–Crippen LogP) is 5.06. The maximum Gasteiger partial charge on any atom is 0.416 e. The summed E-state index contributed by atoms with van der Waals surface area (Å²) in [5.74, 6) is -0.432. The van der Waals surface area contributed by atoms with Gasteiger partial charge < -0.3 is 24.8 Å². The average molecular weight is 547 g/mol. The third-order valence-corrected chi connectivity index (χ3v) is 8.36. The zero-order chi connectivity index (χ0) is 27.7. The minimum Gasteiger partial charge on any atom is -0.381 e. The average Bonchev–Trinajstić information content (AvgIpc) is 3.75. The van der Waals surface area contributed by atoms with Crippen LogP contribution in [0.25, 0.3) is 0 Å². The second-order valence-electron chi connectivity index (χ2n) is 11.1. The number of carbonyl (C=O) groups is 1. The summed E-state index contributed by atoms with van der Waals surface area (Å²) in [7, 11) is 0. The number of pyridine rings is 1. The van der Waals surface area contributed by atoms with Crippen molar-refractivity contribution in [1.29, 1.82) is 0 Å². The van der Waals surface area contributed by atoms with Crippen LogP contribution in [-0.2, 0) is 10.9 Å². The third kappa shape index (κ3) is 6.32. The second kappa shape index (κ2) is 11.3. The van der Waals surface area contributed by atoms with Gasteiger partial charge in [0.05, 0.1) is 22.9 Å². The molecule has 3 fully saturated rings. The molecule has 7 nitrogen and oxygen atoms in total. The van der Waals surface area contributed by atoms with Crippen LogP contribution in [0.15, 0.2) is 35.3 Å². The van der Waals surface area contributed by atoms with Crippen molar-refractivity contribution in [2.45, 2.75) is 82.7 Å². The summed E-state index contributed by atoms with van der Waals surface area (Å²) >= 11 is 0. The Bertz CT molecular complexity index is 1240. The second-order valence-corrected chi connectivity index (χ2v) is 11.1. The van der Waals surface area contributed by atoms with Crippen molar-refractivity contribution in [3.05, 3.63) is 63.1 Å². The van der Waals surface area contributed by atoms with E-state index in [-0.39, 0.29) is 23.2 Å². The molecule has 1 atom stereocenters. The monoisotopic (exact) mass is 546 g/mol. The number of piperidine rings is 1. The Labute approximate surface area is 226 Å². The van der Waals surface area contributed by atoms with E-state index in [0.717, 1.165) is 32.0 Å². The van der Waals surface area contributed by atoms with E-state index in [1.54, 1.807) is 23.8 Å². The number of rotatable bonds is 7. The van der Waals surface area contributed by atoms with Crippen molar-refractivity contribution in [1.82, 2.24) is 14.8 Å². The first-order valence-corrected chi connectivity index (χ1v) is 13.9. The highest BCUT2D eigenvalue weighted by molar-refractivity contribution is 5.99. The lowest BCUT2D eigenvalue weighted by Gasteiger charge is -2.33. The predicted molar refractivity (Wildman–Crippen MR) is 143 cm³/mol. The molecule has 212 valence electrons. The van der Waals surface area contributed by atoms with E-state index < -0.39 is 23.7 Å². The van der Waals surface area contributed by atoms with Gasteiger partial charge >= 0.3 is 6.18 Å². The largest absolute Gasteiger partial charge is 0.416 e. The number of ether oxygens (including phenoxy) is 1. The van der Waals surface area contributed by atoms with Gasteiger partial charge in [0.2, 0.25) is 0 Å². The number of amides is 1. The fourth-order valence-corrected chi connectivity index (χ4v) is 5.95. The minimum absolute atomic E-state index is 0.0724. The van der Waals surface area contributed by atoms with E-state index in [4.69, 9.17) is 4.74 Å². The molecule has 39 heavy (non-hydrogen) atoms. The van der Waals surface area contributed by atoms with Gasteiger partial charge in [-0.2, -0.15) is 13.2 Å². The number of nitrogens with zero attached hydrogens (tertiary/aromatic N) is 2. The molecule has 10 heteroatoms. The molecule has 2 saturated heterocycles. The molecule has 1 amide bonds. The highest BCUT2D eigenvalue weighted by atomic mass is 19.4. The summed E-state index contributed by atoms with van der Waals surface area (Å²) in [6.07, 6.45) is 2.84. The zero-order valence-corrected chi connectivity index (χ0v) is 22.5. The highest BCUT2D eigenvalue weighted by Gasteiger charge is 2.34. The number of anilines is 1. The van der Waals surface area contributed by atoms with Crippen LogP contribution in [0.5, 0.6) is 0 Å². The van der Waals surface area contributed by atoms with Crippen molar-refractivity contribution in [3.8, 4) is 0 Å². The summed E-state index contributed by atoms with van der Waals surface area (Å²) < 4.78 is 47.5. The standard InChI is InChI=1S/C29H37F3N4O3/c1-18-23(4-3-5-25(18)29(30,31)32)19(2)33-28(38)24-17-36(22-10-14-39-15-11-22)27(37)16-26(24)34-20-8-12-35(13-9-20)21-6-7-21/h3-5,16-17,19-22,34H,6-15H2,1-2H3,(H,33,38)/t19-/m1/s1. The Morgan fingerprint density at radius 2 is 1.74 bits per heavy atom. The van der Waals surface area contributed by atoms with Crippen LogP contribution >= 0.6 is 0 Å². The van der Waals surface area contributed by atoms with Gasteiger partial charge in [-0.1, -0.05) is 12.1 Å². The number of hydrogen-bond acceptors (Lipinski definition) is 5. The fraction of sp³-hybridized carbons (Fsp3) is 0.586. The molecule has 3 aliphatic rings. The Balaban J connectivity index is 1.40. The van der Waals surface area contributed by atoms with E-state index >= 15 is 0 Å². The fourth-order valence-electron chi connectivity index (χ4n) is 5.95. The van der Waals surface area contributed by atoms with Crippen LogP contribution in [0.3, 0.4) is 0 Å². The Morgan fingerprint density at radius 1 is 1.05 bits per heavy atom. The summed E-state index contributed by atoms with van der Waals surface area (Å²) in [4.78, 5) is 29.3. The first-order chi connectivity index (χ1) is 18.6. The minimum atomic E-state index is -4.48. The lowest BCUT2D eigenvalue weighted by molar-refractivity contribution is -0.138. The maximum atomic E-state index is 13.7. The molecule has 3 heterocycles. The van der Waals surface area contributed by atoms with E-state index in [9.17, 15) is 22.8 Å². The Kier molecular flexibility index (Phi) is 8.05. The molecule has 2 aliphatic heterocycles. The van der Waals surface area contributed by atoms with Gasteiger partial charge in [-0.15, -0.1) is 0 Å². The number of aromatic nitrogens is 1. The molecule has 2 aromatic rings. The van der Waals surface area contributed by atoms with Gasteiger partial charge in [0.1, 0.15) is 0 Å². The number of hydrogen-bond donors (Lipinski definition) is 2. The van der Waals surface area contributed by atoms with E-state index in [1.807, 2.05) is 0 Å². The molecule has 1 aliphatic carbocycles. The summed E-state index contributed by atoms with van der Waals surface area (Å²) in [6, 6.07) is 5.61. The van der Waals surface area contributed by atoms with Crippen LogP contribution in [-0.4, -0.2) is 53.8 Å². The molecule has 0 bridgehead atoms. The van der Waals surface area contributed by atoms with Crippen molar-refractivity contribution < 1.29 is 22.7 Å². The van der Waals surface area contributed by atoms with Crippen molar-refractivity contribution in [2.75, 3.05) is 31.6 Å². The summed E-state index contributed by atoms with van der Waals surface area (Å²) in [6.45, 7) is 6.15. The number of alkyl halides is 3. The normalized spacial score (nSPS) is 20.5. The van der Waals surface area contributed by atoms with Gasteiger partial charge in [-0.05, 0) is 69.6 Å².